The van der Waals surface area contributed by atoms with Crippen molar-refractivity contribution in [2.75, 3.05) is 5.75 Å². The molecular formula is C38H42ClFN2O3S. The third-order valence-electron chi connectivity index (χ3n) is 10.2. The van der Waals surface area contributed by atoms with Crippen LogP contribution < -0.4 is 0 Å². The van der Waals surface area contributed by atoms with Gasteiger partial charge in [-0.15, -0.1) is 11.8 Å². The van der Waals surface area contributed by atoms with Crippen molar-refractivity contribution in [2.24, 2.45) is 5.41 Å². The minimum Gasteiger partial charge on any atom is -0.393 e. The molecule has 3 aliphatic carbocycles. The van der Waals surface area contributed by atoms with E-state index in [0.29, 0.717) is 54.0 Å². The maximum Gasteiger partial charge on any atom is 0.167 e. The largest absolute Gasteiger partial charge is 0.393 e. The number of Topliss-reactive ketones (excluding diaryl/α,β-unsaturated/α-hetero) is 1. The Morgan fingerprint density at radius 1 is 1.17 bits per heavy atom. The van der Waals surface area contributed by atoms with Crippen molar-refractivity contribution < 1.29 is 19.4 Å². The first-order valence-corrected chi connectivity index (χ1v) is 17.4. The average Bonchev–Trinajstić information content (AvgIpc) is 3.26. The number of nitriles is 1. The fourth-order valence-electron chi connectivity index (χ4n) is 7.41. The van der Waals surface area contributed by atoms with Gasteiger partial charge < -0.3 is 10.2 Å². The highest BCUT2D eigenvalue weighted by Crippen LogP contribution is 2.59. The summed E-state index contributed by atoms with van der Waals surface area (Å²) in [5, 5.41) is 34.1. The maximum absolute atomic E-state index is 14.8. The summed E-state index contributed by atoms with van der Waals surface area (Å²) in [7, 11) is 0. The summed E-state index contributed by atoms with van der Waals surface area (Å²) in [5.74, 6) is -0.573. The molecule has 2 bridgehead atoms. The summed E-state index contributed by atoms with van der Waals surface area (Å²) in [6.07, 6.45) is 5.81. The minimum absolute atomic E-state index is 0.161. The summed E-state index contributed by atoms with van der Waals surface area (Å²) in [6.45, 7) is 8.02. The number of allylic oxidation sites excluding steroid dienone is 2. The molecule has 2 aromatic carbocycles. The van der Waals surface area contributed by atoms with Gasteiger partial charge in [0.25, 0.3) is 0 Å². The first kappa shape index (κ1) is 34.3. The number of aliphatic hydroxyl groups excluding tert-OH is 1. The lowest BCUT2D eigenvalue weighted by Gasteiger charge is -2.44. The lowest BCUT2D eigenvalue weighted by molar-refractivity contribution is -0.0422. The number of aliphatic hydroxyl groups is 2. The van der Waals surface area contributed by atoms with Gasteiger partial charge in [0.15, 0.2) is 5.78 Å². The molecule has 242 valence electrons. The number of thioether (sulfide) groups is 1. The Labute approximate surface area is 280 Å². The number of rotatable bonds is 6. The molecule has 46 heavy (non-hydrogen) atoms. The number of nitrogens with zero attached hydrogens (tertiary/aromatic N) is 2. The fourth-order valence-corrected chi connectivity index (χ4v) is 9.05. The van der Waals surface area contributed by atoms with E-state index in [1.165, 1.54) is 29.5 Å². The summed E-state index contributed by atoms with van der Waals surface area (Å²) >= 11 is 7.76. The van der Waals surface area contributed by atoms with Gasteiger partial charge in [0.1, 0.15) is 16.9 Å². The number of aryl methyl sites for hydroxylation is 2. The molecule has 3 aromatic rings. The topological polar surface area (TPSA) is 94.2 Å². The Morgan fingerprint density at radius 2 is 1.96 bits per heavy atom. The predicted octanol–water partition coefficient (Wildman–Crippen LogP) is 8.62. The zero-order chi connectivity index (χ0) is 33.2. The fraction of sp³-hybridized carbons (Fsp3) is 0.447. The second-order valence-electron chi connectivity index (χ2n) is 13.4. The van der Waals surface area contributed by atoms with Crippen LogP contribution in [0.25, 0.3) is 0 Å². The highest BCUT2D eigenvalue weighted by Gasteiger charge is 2.56. The molecular weight excluding hydrogens is 619 g/mol. The molecule has 1 fully saturated rings. The second kappa shape index (κ2) is 14.0. The quantitative estimate of drug-likeness (QED) is 0.156. The van der Waals surface area contributed by atoms with Crippen molar-refractivity contribution in [2.45, 2.75) is 102 Å². The first-order valence-electron chi connectivity index (χ1n) is 16.0. The normalized spacial score (nSPS) is 25.0. The van der Waals surface area contributed by atoms with Gasteiger partial charge >= 0.3 is 0 Å². The number of fused-ring (bicyclic) bond motifs is 8. The van der Waals surface area contributed by atoms with Crippen LogP contribution in [0.15, 0.2) is 59.1 Å². The van der Waals surface area contributed by atoms with Crippen LogP contribution in [-0.4, -0.2) is 38.4 Å². The zero-order valence-corrected chi connectivity index (χ0v) is 28.6. The molecule has 4 unspecified atom stereocenters. The number of pyridine rings is 1. The number of carbonyl (C=O) groups is 1. The molecule has 0 spiro atoms. The Hall–Kier alpha value is -3.02. The van der Waals surface area contributed by atoms with E-state index in [1.807, 2.05) is 38.1 Å². The van der Waals surface area contributed by atoms with Crippen LogP contribution in [-0.2, 0) is 12.8 Å². The predicted molar refractivity (Wildman–Crippen MR) is 182 cm³/mol. The highest BCUT2D eigenvalue weighted by molar-refractivity contribution is 7.99. The van der Waals surface area contributed by atoms with E-state index in [0.717, 1.165) is 35.2 Å². The van der Waals surface area contributed by atoms with E-state index in [9.17, 15) is 24.7 Å². The Balaban J connectivity index is 1.58. The molecule has 1 saturated carbocycles. The van der Waals surface area contributed by atoms with E-state index in [2.05, 4.69) is 31.0 Å². The van der Waals surface area contributed by atoms with Gasteiger partial charge in [0.05, 0.1) is 17.3 Å². The Kier molecular flexibility index (Phi) is 10.4. The lowest BCUT2D eigenvalue weighted by Crippen LogP contribution is -2.46. The van der Waals surface area contributed by atoms with Crippen LogP contribution >= 0.6 is 23.4 Å². The third-order valence-corrected chi connectivity index (χ3v) is 11.8. The van der Waals surface area contributed by atoms with Crippen molar-refractivity contribution in [1.82, 2.24) is 4.98 Å². The van der Waals surface area contributed by atoms with E-state index < -0.39 is 22.9 Å². The van der Waals surface area contributed by atoms with Crippen LogP contribution in [0, 0.1) is 36.4 Å². The molecule has 0 saturated heterocycles. The third kappa shape index (κ3) is 6.96. The minimum atomic E-state index is -1.11. The SMILES string of the molecule is CC1=CCCC2(C)C(CCC2(O)CSc2nc(C)cc(C)c2C#N)c2ccc(cc2C(=O)Cc2c(F)cccc2Cl)CC(O)CC1. The molecule has 6 rings (SSSR count). The van der Waals surface area contributed by atoms with Crippen LogP contribution in [0.1, 0.15) is 102 Å². The van der Waals surface area contributed by atoms with Crippen LogP contribution in [0.5, 0.6) is 0 Å². The molecule has 4 atom stereocenters. The van der Waals surface area contributed by atoms with E-state index in [1.54, 1.807) is 6.07 Å². The van der Waals surface area contributed by atoms with Gasteiger partial charge in [-0.25, -0.2) is 9.37 Å². The summed E-state index contributed by atoms with van der Waals surface area (Å²) in [4.78, 5) is 18.7. The number of hydrogen-bond donors (Lipinski definition) is 2. The number of aromatic nitrogens is 1. The monoisotopic (exact) mass is 660 g/mol. The van der Waals surface area contributed by atoms with Gasteiger partial charge in [0.2, 0.25) is 0 Å². The van der Waals surface area contributed by atoms with Gasteiger partial charge in [-0.05, 0) is 113 Å². The van der Waals surface area contributed by atoms with Gasteiger partial charge in [0, 0.05) is 39.4 Å². The highest BCUT2D eigenvalue weighted by atomic mass is 35.5. The molecule has 8 heteroatoms. The summed E-state index contributed by atoms with van der Waals surface area (Å²) in [5.41, 5.74) is 4.01. The molecule has 2 N–H and O–H groups in total. The van der Waals surface area contributed by atoms with Crippen LogP contribution in [0.2, 0.25) is 5.02 Å². The van der Waals surface area contributed by atoms with Crippen molar-refractivity contribution in [3.05, 3.63) is 104 Å². The summed E-state index contributed by atoms with van der Waals surface area (Å²) < 4.78 is 14.8. The zero-order valence-electron chi connectivity index (χ0n) is 27.0. The van der Waals surface area contributed by atoms with Gasteiger partial charge in [-0.1, -0.05) is 48.4 Å². The van der Waals surface area contributed by atoms with Gasteiger partial charge in [-0.3, -0.25) is 4.79 Å². The smallest absolute Gasteiger partial charge is 0.167 e. The van der Waals surface area contributed by atoms with Crippen molar-refractivity contribution in [1.29, 1.82) is 5.26 Å². The van der Waals surface area contributed by atoms with Crippen LogP contribution in [0.4, 0.5) is 4.39 Å². The number of ketones is 1. The summed E-state index contributed by atoms with van der Waals surface area (Å²) in [6, 6.07) is 14.4. The van der Waals surface area contributed by atoms with E-state index in [-0.39, 0.29) is 28.7 Å². The molecule has 3 aliphatic rings. The van der Waals surface area contributed by atoms with E-state index in [4.69, 9.17) is 11.6 Å². The molecule has 0 aliphatic heterocycles. The molecule has 5 nitrogen and oxygen atoms in total. The lowest BCUT2D eigenvalue weighted by atomic mass is 9.65. The second-order valence-corrected chi connectivity index (χ2v) is 14.8. The molecule has 0 radical (unpaired) electrons. The molecule has 0 amide bonds. The van der Waals surface area contributed by atoms with E-state index >= 15 is 0 Å². The van der Waals surface area contributed by atoms with Crippen LogP contribution in [0.3, 0.4) is 0 Å². The number of hydrogen-bond acceptors (Lipinski definition) is 6. The van der Waals surface area contributed by atoms with Crippen molar-refractivity contribution in [3.8, 4) is 6.07 Å². The Bertz CT molecular complexity index is 1700. The maximum atomic E-state index is 14.8. The number of benzene rings is 2. The number of halogens is 2. The first-order chi connectivity index (χ1) is 21.8. The van der Waals surface area contributed by atoms with Crippen molar-refractivity contribution >= 4 is 29.1 Å². The Morgan fingerprint density at radius 3 is 2.70 bits per heavy atom. The van der Waals surface area contributed by atoms with Gasteiger partial charge in [-0.2, -0.15) is 5.26 Å². The molecule has 1 heterocycles. The molecule has 1 aromatic heterocycles. The standard InChI is InChI=1S/C38H42ClFN2O3S/c1-23-7-6-15-37(4)32(14-16-38(37,45)22-46-36-31(21-41)24(2)17-25(3)42-36)28-13-11-26(18-27(43)12-10-23)19-29(28)35(44)20-30-33(39)8-5-9-34(30)40/h5,7-9,11,13,17,19,27,32,43,45H,6,10,12,14-16,18,20,22H2,1-4H3. The average molecular weight is 661 g/mol. The van der Waals surface area contributed by atoms with Crippen molar-refractivity contribution in [3.63, 3.8) is 0 Å². The number of carbonyl (C=O) groups excluding carboxylic acids is 1.